The summed E-state index contributed by atoms with van der Waals surface area (Å²) in [7, 11) is 0. The first-order valence-electron chi connectivity index (χ1n) is 4.15. The first-order chi connectivity index (χ1) is 6.59. The van der Waals surface area contributed by atoms with Crippen molar-refractivity contribution in [3.8, 4) is 0 Å². The van der Waals surface area contributed by atoms with Gasteiger partial charge in [-0.15, -0.1) is 0 Å². The Morgan fingerprint density at radius 3 is 2.86 bits per heavy atom. The van der Waals surface area contributed by atoms with Gasteiger partial charge in [-0.1, -0.05) is 0 Å². The molecule has 0 spiro atoms. The molecule has 0 saturated carbocycles. The predicted molar refractivity (Wildman–Crippen MR) is 45.8 cm³/mol. The van der Waals surface area contributed by atoms with E-state index in [1.807, 2.05) is 0 Å². The van der Waals surface area contributed by atoms with Crippen molar-refractivity contribution in [3.05, 3.63) is 18.5 Å². The SMILES string of the molecule is CC(Cn1cccn1)NC(=O)C(F)F. The van der Waals surface area contributed by atoms with Crippen LogP contribution in [-0.2, 0) is 11.3 Å². The van der Waals surface area contributed by atoms with Gasteiger partial charge < -0.3 is 5.32 Å². The molecule has 6 heteroatoms. The number of amides is 1. The highest BCUT2D eigenvalue weighted by Gasteiger charge is 2.17. The monoisotopic (exact) mass is 203 g/mol. The molecule has 0 saturated heterocycles. The van der Waals surface area contributed by atoms with Gasteiger partial charge in [0.2, 0.25) is 0 Å². The van der Waals surface area contributed by atoms with Crippen LogP contribution in [0.15, 0.2) is 18.5 Å². The highest BCUT2D eigenvalue weighted by molar-refractivity contribution is 5.79. The summed E-state index contributed by atoms with van der Waals surface area (Å²) in [5.41, 5.74) is 0. The van der Waals surface area contributed by atoms with Crippen LogP contribution in [0.25, 0.3) is 0 Å². The number of carbonyl (C=O) groups is 1. The van der Waals surface area contributed by atoms with E-state index < -0.39 is 12.3 Å². The normalized spacial score (nSPS) is 12.9. The quantitative estimate of drug-likeness (QED) is 0.781. The molecule has 1 aromatic rings. The fourth-order valence-electron chi connectivity index (χ4n) is 1.04. The largest absolute Gasteiger partial charge is 0.347 e. The Balaban J connectivity index is 2.36. The van der Waals surface area contributed by atoms with Crippen molar-refractivity contribution >= 4 is 5.91 Å². The topological polar surface area (TPSA) is 46.9 Å². The fourth-order valence-corrected chi connectivity index (χ4v) is 1.04. The number of aromatic nitrogens is 2. The van der Waals surface area contributed by atoms with Gasteiger partial charge in [0.15, 0.2) is 0 Å². The van der Waals surface area contributed by atoms with Crippen LogP contribution in [0.4, 0.5) is 8.78 Å². The van der Waals surface area contributed by atoms with Crippen molar-refractivity contribution in [1.82, 2.24) is 15.1 Å². The van der Waals surface area contributed by atoms with Crippen molar-refractivity contribution in [3.63, 3.8) is 0 Å². The second kappa shape index (κ2) is 4.69. The number of rotatable bonds is 4. The molecule has 0 aliphatic heterocycles. The number of hydrogen-bond acceptors (Lipinski definition) is 2. The van der Waals surface area contributed by atoms with Crippen molar-refractivity contribution in [2.24, 2.45) is 0 Å². The second-order valence-electron chi connectivity index (χ2n) is 2.94. The van der Waals surface area contributed by atoms with E-state index in [4.69, 9.17) is 0 Å². The van der Waals surface area contributed by atoms with Gasteiger partial charge in [-0.2, -0.15) is 13.9 Å². The summed E-state index contributed by atoms with van der Waals surface area (Å²) in [5, 5.41) is 6.05. The third kappa shape index (κ3) is 3.12. The van der Waals surface area contributed by atoms with Gasteiger partial charge in [-0.25, -0.2) is 0 Å². The zero-order valence-corrected chi connectivity index (χ0v) is 7.65. The summed E-state index contributed by atoms with van der Waals surface area (Å²) in [4.78, 5) is 10.6. The number of alkyl halides is 2. The molecule has 78 valence electrons. The van der Waals surface area contributed by atoms with E-state index in [0.717, 1.165) is 0 Å². The molecular formula is C8H11F2N3O. The van der Waals surface area contributed by atoms with Crippen LogP contribution in [-0.4, -0.2) is 28.2 Å². The predicted octanol–water partition coefficient (Wildman–Crippen LogP) is 0.653. The number of nitrogens with one attached hydrogen (secondary N) is 1. The Kier molecular flexibility index (Phi) is 3.55. The summed E-state index contributed by atoms with van der Waals surface area (Å²) < 4.78 is 25.2. The minimum absolute atomic E-state index is 0.364. The van der Waals surface area contributed by atoms with Gasteiger partial charge in [0.1, 0.15) is 0 Å². The van der Waals surface area contributed by atoms with Crippen LogP contribution < -0.4 is 5.32 Å². The molecule has 1 rings (SSSR count). The highest BCUT2D eigenvalue weighted by atomic mass is 19.3. The van der Waals surface area contributed by atoms with Gasteiger partial charge in [-0.05, 0) is 13.0 Å². The summed E-state index contributed by atoms with van der Waals surface area (Å²) in [6.07, 6.45) is 0.322. The molecule has 1 aromatic heterocycles. The molecule has 4 nitrogen and oxygen atoms in total. The molecule has 14 heavy (non-hydrogen) atoms. The molecule has 0 radical (unpaired) electrons. The van der Waals surface area contributed by atoms with Crippen molar-refractivity contribution in [1.29, 1.82) is 0 Å². The van der Waals surface area contributed by atoms with Crippen LogP contribution in [0.3, 0.4) is 0 Å². The van der Waals surface area contributed by atoms with E-state index in [9.17, 15) is 13.6 Å². The maximum absolute atomic E-state index is 11.8. The fraction of sp³-hybridized carbons (Fsp3) is 0.500. The average Bonchev–Trinajstić information content (AvgIpc) is 2.56. The number of carbonyl (C=O) groups excluding carboxylic acids is 1. The second-order valence-corrected chi connectivity index (χ2v) is 2.94. The van der Waals surface area contributed by atoms with Crippen molar-refractivity contribution in [2.45, 2.75) is 25.9 Å². The van der Waals surface area contributed by atoms with Gasteiger partial charge in [0.25, 0.3) is 5.91 Å². The Morgan fingerprint density at radius 2 is 2.36 bits per heavy atom. The Bertz CT molecular complexity index is 287. The van der Waals surface area contributed by atoms with E-state index in [0.29, 0.717) is 6.54 Å². The van der Waals surface area contributed by atoms with E-state index in [-0.39, 0.29) is 6.04 Å². The summed E-state index contributed by atoms with van der Waals surface area (Å²) >= 11 is 0. The molecule has 0 aromatic carbocycles. The van der Waals surface area contributed by atoms with E-state index in [1.54, 1.807) is 30.1 Å². The van der Waals surface area contributed by atoms with Crippen LogP contribution in [0.5, 0.6) is 0 Å². The van der Waals surface area contributed by atoms with Crippen molar-refractivity contribution in [2.75, 3.05) is 0 Å². The van der Waals surface area contributed by atoms with Gasteiger partial charge >= 0.3 is 6.43 Å². The first-order valence-corrected chi connectivity index (χ1v) is 4.15. The molecular weight excluding hydrogens is 192 g/mol. The zero-order chi connectivity index (χ0) is 10.6. The van der Waals surface area contributed by atoms with Gasteiger partial charge in [0.05, 0.1) is 6.54 Å². The molecule has 0 fully saturated rings. The lowest BCUT2D eigenvalue weighted by atomic mass is 10.3. The minimum Gasteiger partial charge on any atom is -0.347 e. The number of halogens is 2. The van der Waals surface area contributed by atoms with Gasteiger partial charge in [0, 0.05) is 18.4 Å². The summed E-state index contributed by atoms with van der Waals surface area (Å²) in [6, 6.07) is 1.36. The molecule has 1 unspecified atom stereocenters. The van der Waals surface area contributed by atoms with E-state index in [2.05, 4.69) is 10.4 Å². The smallest absolute Gasteiger partial charge is 0.315 e. The number of nitrogens with zero attached hydrogens (tertiary/aromatic N) is 2. The molecule has 1 amide bonds. The molecule has 0 aliphatic carbocycles. The van der Waals surface area contributed by atoms with Crippen LogP contribution in [0.1, 0.15) is 6.92 Å². The van der Waals surface area contributed by atoms with E-state index >= 15 is 0 Å². The first kappa shape index (κ1) is 10.6. The average molecular weight is 203 g/mol. The minimum atomic E-state index is -2.96. The third-order valence-electron chi connectivity index (χ3n) is 1.61. The van der Waals surface area contributed by atoms with Crippen LogP contribution in [0.2, 0.25) is 0 Å². The molecule has 1 N–H and O–H groups in total. The number of hydrogen-bond donors (Lipinski definition) is 1. The zero-order valence-electron chi connectivity index (χ0n) is 7.65. The summed E-state index contributed by atoms with van der Waals surface area (Å²) in [5.74, 6) is -1.25. The molecule has 0 bridgehead atoms. The Morgan fingerprint density at radius 1 is 1.64 bits per heavy atom. The van der Waals surface area contributed by atoms with Crippen LogP contribution >= 0.6 is 0 Å². The summed E-state index contributed by atoms with van der Waals surface area (Å²) in [6.45, 7) is 2.02. The third-order valence-corrected chi connectivity index (χ3v) is 1.61. The lowest BCUT2D eigenvalue weighted by Crippen LogP contribution is -2.39. The Hall–Kier alpha value is -1.46. The lowest BCUT2D eigenvalue weighted by Gasteiger charge is -2.13. The molecule has 0 aliphatic rings. The maximum atomic E-state index is 11.8. The molecule has 1 atom stereocenters. The Labute approximate surface area is 79.9 Å². The van der Waals surface area contributed by atoms with Crippen molar-refractivity contribution < 1.29 is 13.6 Å². The van der Waals surface area contributed by atoms with Gasteiger partial charge in [-0.3, -0.25) is 9.48 Å². The van der Waals surface area contributed by atoms with E-state index in [1.165, 1.54) is 0 Å². The molecule has 1 heterocycles. The maximum Gasteiger partial charge on any atom is 0.315 e. The standard InChI is InChI=1S/C8H11F2N3O/c1-6(12-8(14)7(9)10)5-13-4-2-3-11-13/h2-4,6-7H,5H2,1H3,(H,12,14). The lowest BCUT2D eigenvalue weighted by molar-refractivity contribution is -0.132. The highest BCUT2D eigenvalue weighted by Crippen LogP contribution is 1.95. The van der Waals surface area contributed by atoms with Crippen LogP contribution in [0, 0.1) is 0 Å².